The lowest BCUT2D eigenvalue weighted by Crippen LogP contribution is -2.52. The first-order valence-electron chi connectivity index (χ1n) is 9.58. The summed E-state index contributed by atoms with van der Waals surface area (Å²) in [4.78, 5) is 7.22. The van der Waals surface area contributed by atoms with Gasteiger partial charge >= 0.3 is 0 Å². The minimum atomic E-state index is 0. The van der Waals surface area contributed by atoms with Gasteiger partial charge in [0.1, 0.15) is 0 Å². The Labute approximate surface area is 181 Å². The monoisotopic (exact) mass is 490 g/mol. The second kappa shape index (κ2) is 13.3. The van der Waals surface area contributed by atoms with Gasteiger partial charge in [0.15, 0.2) is 5.96 Å². The molecular weight excluding hydrogens is 455 g/mol. The highest BCUT2D eigenvalue weighted by molar-refractivity contribution is 14.0. The average molecular weight is 490 g/mol. The normalized spacial score (nSPS) is 15.9. The van der Waals surface area contributed by atoms with E-state index in [1.807, 2.05) is 18.2 Å². The van der Waals surface area contributed by atoms with Crippen LogP contribution in [0.25, 0.3) is 0 Å². The number of guanidine groups is 1. The van der Waals surface area contributed by atoms with Gasteiger partial charge in [-0.1, -0.05) is 30.3 Å². The van der Waals surface area contributed by atoms with Gasteiger partial charge in [0.05, 0.1) is 33.0 Å². The molecule has 1 saturated heterocycles. The van der Waals surface area contributed by atoms with Crippen LogP contribution in [0.15, 0.2) is 35.3 Å². The van der Waals surface area contributed by atoms with E-state index in [1.54, 1.807) is 0 Å². The summed E-state index contributed by atoms with van der Waals surface area (Å²) in [6, 6.07) is 10.2. The fourth-order valence-corrected chi connectivity index (χ4v) is 2.89. The lowest BCUT2D eigenvalue weighted by atomic mass is 10.0. The second-order valence-corrected chi connectivity index (χ2v) is 7.07. The number of ether oxygens (including phenoxy) is 2. The molecule has 0 amide bonds. The van der Waals surface area contributed by atoms with Crippen LogP contribution in [0.4, 0.5) is 0 Å². The van der Waals surface area contributed by atoms with Crippen molar-refractivity contribution in [2.45, 2.75) is 32.9 Å². The van der Waals surface area contributed by atoms with Crippen LogP contribution in [0.3, 0.4) is 0 Å². The number of hydrogen-bond acceptors (Lipinski definition) is 4. The third-order valence-electron chi connectivity index (χ3n) is 4.49. The van der Waals surface area contributed by atoms with Gasteiger partial charge in [0.25, 0.3) is 0 Å². The predicted molar refractivity (Wildman–Crippen MR) is 122 cm³/mol. The summed E-state index contributed by atoms with van der Waals surface area (Å²) in [5.74, 6) is 0.845. The molecule has 6 nitrogen and oxygen atoms in total. The molecule has 27 heavy (non-hydrogen) atoms. The van der Waals surface area contributed by atoms with Crippen molar-refractivity contribution in [3.05, 3.63) is 35.9 Å². The number of nitrogens with zero attached hydrogens (tertiary/aromatic N) is 2. The van der Waals surface area contributed by atoms with Crippen molar-refractivity contribution in [1.29, 1.82) is 0 Å². The van der Waals surface area contributed by atoms with E-state index in [0.29, 0.717) is 13.2 Å². The number of halogens is 1. The van der Waals surface area contributed by atoms with Crippen molar-refractivity contribution in [2.75, 3.05) is 52.5 Å². The van der Waals surface area contributed by atoms with Gasteiger partial charge < -0.3 is 20.1 Å². The molecule has 1 fully saturated rings. The third kappa shape index (κ3) is 9.23. The van der Waals surface area contributed by atoms with Crippen molar-refractivity contribution >= 4 is 29.9 Å². The Kier molecular flexibility index (Phi) is 11.9. The van der Waals surface area contributed by atoms with Gasteiger partial charge in [-0.2, -0.15) is 0 Å². The topological polar surface area (TPSA) is 58.1 Å². The van der Waals surface area contributed by atoms with Crippen molar-refractivity contribution in [3.63, 3.8) is 0 Å². The van der Waals surface area contributed by atoms with E-state index in [2.05, 4.69) is 48.4 Å². The quantitative estimate of drug-likeness (QED) is 0.241. The molecule has 2 N–H and O–H groups in total. The van der Waals surface area contributed by atoms with Crippen LogP contribution >= 0.6 is 24.0 Å². The smallest absolute Gasteiger partial charge is 0.191 e. The predicted octanol–water partition coefficient (Wildman–Crippen LogP) is 2.49. The Morgan fingerprint density at radius 3 is 2.56 bits per heavy atom. The Morgan fingerprint density at radius 1 is 1.19 bits per heavy atom. The van der Waals surface area contributed by atoms with Gasteiger partial charge in [-0.25, -0.2) is 0 Å². The molecule has 0 unspecified atom stereocenters. The van der Waals surface area contributed by atoms with Crippen LogP contribution in [0, 0.1) is 0 Å². The van der Waals surface area contributed by atoms with Crippen molar-refractivity contribution in [1.82, 2.24) is 15.5 Å². The molecule has 1 aliphatic heterocycles. The van der Waals surface area contributed by atoms with E-state index in [-0.39, 0.29) is 29.5 Å². The third-order valence-corrected chi connectivity index (χ3v) is 4.49. The average Bonchev–Trinajstić information content (AvgIpc) is 2.67. The fourth-order valence-electron chi connectivity index (χ4n) is 2.89. The molecule has 154 valence electrons. The van der Waals surface area contributed by atoms with Gasteiger partial charge in [0, 0.05) is 31.7 Å². The molecule has 0 bridgehead atoms. The van der Waals surface area contributed by atoms with Crippen molar-refractivity contribution in [2.24, 2.45) is 4.99 Å². The highest BCUT2D eigenvalue weighted by Crippen LogP contribution is 2.16. The minimum Gasteiger partial charge on any atom is -0.379 e. The Hall–Kier alpha value is -0.900. The fraction of sp³-hybridized carbons (Fsp3) is 0.650. The van der Waals surface area contributed by atoms with Crippen molar-refractivity contribution in [3.8, 4) is 0 Å². The first kappa shape index (κ1) is 24.1. The van der Waals surface area contributed by atoms with Crippen molar-refractivity contribution < 1.29 is 9.47 Å². The molecular formula is C20H35IN4O2. The Bertz CT molecular complexity index is 534. The van der Waals surface area contributed by atoms with Gasteiger partial charge in [-0.15, -0.1) is 24.0 Å². The number of aliphatic imine (C=N–C) groups is 1. The Morgan fingerprint density at radius 2 is 1.89 bits per heavy atom. The van der Waals surface area contributed by atoms with E-state index < -0.39 is 0 Å². The number of rotatable bonds is 9. The molecule has 0 aromatic heterocycles. The minimum absolute atomic E-state index is 0. The van der Waals surface area contributed by atoms with Crippen LogP contribution in [0.1, 0.15) is 26.3 Å². The summed E-state index contributed by atoms with van der Waals surface area (Å²) in [7, 11) is 0. The molecule has 1 aromatic carbocycles. The summed E-state index contributed by atoms with van der Waals surface area (Å²) in [5.41, 5.74) is 1.22. The summed E-state index contributed by atoms with van der Waals surface area (Å²) in [6.07, 6.45) is 0. The summed E-state index contributed by atoms with van der Waals surface area (Å²) >= 11 is 0. The van der Waals surface area contributed by atoms with Crippen LogP contribution in [-0.4, -0.2) is 68.9 Å². The first-order valence-corrected chi connectivity index (χ1v) is 9.58. The zero-order valence-electron chi connectivity index (χ0n) is 16.9. The molecule has 2 rings (SSSR count). The Balaban J connectivity index is 0.00000364. The number of nitrogens with one attached hydrogen (secondary N) is 2. The number of morpholine rings is 1. The number of hydrogen-bond donors (Lipinski definition) is 2. The molecule has 0 radical (unpaired) electrons. The van der Waals surface area contributed by atoms with E-state index in [1.165, 1.54) is 5.56 Å². The largest absolute Gasteiger partial charge is 0.379 e. The van der Waals surface area contributed by atoms with E-state index in [4.69, 9.17) is 14.5 Å². The molecule has 0 aliphatic carbocycles. The maximum absolute atomic E-state index is 5.72. The zero-order chi connectivity index (χ0) is 18.7. The SMILES string of the molecule is CCNC(=NCC(C)(C)N1CCOCC1)NCCOCc1ccccc1.I. The maximum Gasteiger partial charge on any atom is 0.191 e. The highest BCUT2D eigenvalue weighted by atomic mass is 127. The van der Waals surface area contributed by atoms with E-state index in [9.17, 15) is 0 Å². The van der Waals surface area contributed by atoms with Gasteiger partial charge in [0.2, 0.25) is 0 Å². The van der Waals surface area contributed by atoms with E-state index >= 15 is 0 Å². The molecule has 1 aliphatic rings. The molecule has 1 heterocycles. The maximum atomic E-state index is 5.72. The summed E-state index contributed by atoms with van der Waals surface area (Å²) in [5, 5.41) is 6.66. The standard InChI is InChI=1S/C20H34N4O2.HI/c1-4-21-19(22-10-13-26-16-18-8-6-5-7-9-18)23-17-20(2,3)24-11-14-25-15-12-24;/h5-9H,4,10-17H2,1-3H3,(H2,21,22,23);1H. The molecule has 7 heteroatoms. The molecule has 1 aromatic rings. The summed E-state index contributed by atoms with van der Waals surface area (Å²) in [6.45, 7) is 13.7. The molecule has 0 spiro atoms. The molecule has 0 saturated carbocycles. The van der Waals surface area contributed by atoms with E-state index in [0.717, 1.165) is 51.9 Å². The lowest BCUT2D eigenvalue weighted by molar-refractivity contribution is -0.00684. The highest BCUT2D eigenvalue weighted by Gasteiger charge is 2.28. The number of benzene rings is 1. The zero-order valence-corrected chi connectivity index (χ0v) is 19.2. The van der Waals surface area contributed by atoms with Gasteiger partial charge in [-0.3, -0.25) is 9.89 Å². The lowest BCUT2D eigenvalue weighted by Gasteiger charge is -2.39. The summed E-state index contributed by atoms with van der Waals surface area (Å²) < 4.78 is 11.2. The second-order valence-electron chi connectivity index (χ2n) is 7.07. The first-order chi connectivity index (χ1) is 12.6. The van der Waals surface area contributed by atoms with Gasteiger partial charge in [-0.05, 0) is 26.3 Å². The van der Waals surface area contributed by atoms with Crippen LogP contribution < -0.4 is 10.6 Å². The van der Waals surface area contributed by atoms with Crippen LogP contribution in [-0.2, 0) is 16.1 Å². The van der Waals surface area contributed by atoms with Crippen LogP contribution in [0.2, 0.25) is 0 Å². The molecule has 0 atom stereocenters. The van der Waals surface area contributed by atoms with Crippen LogP contribution in [0.5, 0.6) is 0 Å².